The van der Waals surface area contributed by atoms with E-state index in [1.54, 1.807) is 0 Å². The molecule has 1 aromatic heterocycles. The lowest BCUT2D eigenvalue weighted by Crippen LogP contribution is -1.85. The molecule has 2 aromatic rings. The topological polar surface area (TPSA) is 25.8 Å². The third kappa shape index (κ3) is 1.74. The fourth-order valence-corrected chi connectivity index (χ4v) is 1.17. The van der Waals surface area contributed by atoms with E-state index in [-0.39, 0.29) is 0 Å². The van der Waals surface area contributed by atoms with Gasteiger partial charge in [-0.15, -0.1) is 0 Å². The highest BCUT2D eigenvalue weighted by molar-refractivity contribution is 5.61. The Bertz CT molecular complexity index is 423. The third-order valence-corrected chi connectivity index (χ3v) is 1.76. The second kappa shape index (κ2) is 3.49. The first-order chi connectivity index (χ1) is 6.75. The third-order valence-electron chi connectivity index (χ3n) is 1.76. The normalized spacial score (nSPS) is 10.1. The molecule has 70 valence electrons. The summed E-state index contributed by atoms with van der Waals surface area (Å²) >= 11 is 0. The van der Waals surface area contributed by atoms with Gasteiger partial charge in [0.1, 0.15) is 18.0 Å². The quantitative estimate of drug-likeness (QED) is 0.693. The van der Waals surface area contributed by atoms with Crippen LogP contribution in [0.15, 0.2) is 36.9 Å². The lowest BCUT2D eigenvalue weighted by atomic mass is 10.1. The van der Waals surface area contributed by atoms with Crippen molar-refractivity contribution in [3.8, 4) is 11.1 Å². The molecule has 2 nitrogen and oxygen atoms in total. The molecule has 0 spiro atoms. The van der Waals surface area contributed by atoms with E-state index in [2.05, 4.69) is 9.97 Å². The molecule has 0 unspecified atom stereocenters. The van der Waals surface area contributed by atoms with Crippen LogP contribution in [-0.4, -0.2) is 9.97 Å². The van der Waals surface area contributed by atoms with Gasteiger partial charge in [-0.3, -0.25) is 0 Å². The van der Waals surface area contributed by atoms with Gasteiger partial charge in [-0.2, -0.15) is 0 Å². The summed E-state index contributed by atoms with van der Waals surface area (Å²) in [5.41, 5.74) is 1.02. The monoisotopic (exact) mass is 192 g/mol. The summed E-state index contributed by atoms with van der Waals surface area (Å²) in [6, 6.07) is 3.30. The van der Waals surface area contributed by atoms with Gasteiger partial charge >= 0.3 is 0 Å². The second-order valence-electron chi connectivity index (χ2n) is 2.79. The minimum atomic E-state index is -0.608. The summed E-state index contributed by atoms with van der Waals surface area (Å²) < 4.78 is 25.7. The molecule has 0 aliphatic heterocycles. The smallest absolute Gasteiger partial charge is 0.126 e. The average Bonchev–Trinajstić information content (AvgIpc) is 2.18. The van der Waals surface area contributed by atoms with Crippen molar-refractivity contribution in [2.45, 2.75) is 0 Å². The van der Waals surface area contributed by atoms with Gasteiger partial charge in [-0.05, 0) is 17.7 Å². The molecule has 0 fully saturated rings. The molecule has 0 saturated heterocycles. The number of halogens is 2. The Morgan fingerprint density at radius 3 is 1.93 bits per heavy atom. The molecule has 0 amide bonds. The number of hydrogen-bond donors (Lipinski definition) is 0. The maximum absolute atomic E-state index is 12.8. The fourth-order valence-electron chi connectivity index (χ4n) is 1.17. The van der Waals surface area contributed by atoms with E-state index >= 15 is 0 Å². The number of aromatic nitrogens is 2. The van der Waals surface area contributed by atoms with Crippen LogP contribution in [0.1, 0.15) is 0 Å². The maximum Gasteiger partial charge on any atom is 0.126 e. The first-order valence-corrected chi connectivity index (χ1v) is 3.97. The molecule has 0 N–H and O–H groups in total. The Morgan fingerprint density at radius 2 is 1.36 bits per heavy atom. The molecule has 0 aliphatic carbocycles. The molecule has 0 atom stereocenters. The van der Waals surface area contributed by atoms with Crippen molar-refractivity contribution in [2.24, 2.45) is 0 Å². The van der Waals surface area contributed by atoms with E-state index in [9.17, 15) is 8.78 Å². The van der Waals surface area contributed by atoms with Gasteiger partial charge in [0.15, 0.2) is 0 Å². The van der Waals surface area contributed by atoms with E-state index in [1.807, 2.05) is 0 Å². The van der Waals surface area contributed by atoms with Crippen LogP contribution in [0.2, 0.25) is 0 Å². The van der Waals surface area contributed by atoms with Crippen LogP contribution < -0.4 is 0 Å². The zero-order valence-corrected chi connectivity index (χ0v) is 7.11. The van der Waals surface area contributed by atoms with Crippen molar-refractivity contribution in [1.82, 2.24) is 9.97 Å². The predicted molar refractivity (Wildman–Crippen MR) is 47.4 cm³/mol. The highest BCUT2D eigenvalue weighted by atomic mass is 19.1. The molecule has 4 heteroatoms. The SMILES string of the molecule is Fc1cc(F)cc(-c2cncnc2)c1. The average molecular weight is 192 g/mol. The number of benzene rings is 1. The Hall–Kier alpha value is -1.84. The Balaban J connectivity index is 2.52. The van der Waals surface area contributed by atoms with Gasteiger partial charge in [0, 0.05) is 24.0 Å². The van der Waals surface area contributed by atoms with Crippen molar-refractivity contribution >= 4 is 0 Å². The zero-order valence-electron chi connectivity index (χ0n) is 7.11. The van der Waals surface area contributed by atoms with Crippen molar-refractivity contribution in [2.75, 3.05) is 0 Å². The molecule has 0 saturated carbocycles. The standard InChI is InChI=1S/C10H6F2N2/c11-9-1-7(2-10(12)3-9)8-4-13-6-14-5-8/h1-6H. The zero-order chi connectivity index (χ0) is 9.97. The van der Waals surface area contributed by atoms with E-state index in [4.69, 9.17) is 0 Å². The summed E-state index contributed by atoms with van der Waals surface area (Å²) in [6.07, 6.45) is 4.36. The van der Waals surface area contributed by atoms with E-state index < -0.39 is 11.6 Å². The van der Waals surface area contributed by atoms with Crippen LogP contribution in [0.25, 0.3) is 11.1 Å². The minimum absolute atomic E-state index is 0.433. The highest BCUT2D eigenvalue weighted by Gasteiger charge is 2.02. The summed E-state index contributed by atoms with van der Waals surface area (Å²) in [7, 11) is 0. The minimum Gasteiger partial charge on any atom is -0.244 e. The van der Waals surface area contributed by atoms with Crippen LogP contribution in [0.4, 0.5) is 8.78 Å². The molecule has 2 rings (SSSR count). The lowest BCUT2D eigenvalue weighted by Gasteiger charge is -2.00. The molecule has 0 bridgehead atoms. The number of hydrogen-bond acceptors (Lipinski definition) is 2. The number of nitrogens with zero attached hydrogens (tertiary/aromatic N) is 2. The van der Waals surface area contributed by atoms with Crippen molar-refractivity contribution in [1.29, 1.82) is 0 Å². The summed E-state index contributed by atoms with van der Waals surface area (Å²) in [5.74, 6) is -1.22. The molecule has 1 aromatic carbocycles. The van der Waals surface area contributed by atoms with Gasteiger partial charge in [-0.1, -0.05) is 0 Å². The van der Waals surface area contributed by atoms with Crippen LogP contribution in [0.3, 0.4) is 0 Å². The van der Waals surface area contributed by atoms with E-state index in [0.29, 0.717) is 11.1 Å². The Morgan fingerprint density at radius 1 is 0.786 bits per heavy atom. The van der Waals surface area contributed by atoms with Gasteiger partial charge in [0.05, 0.1) is 0 Å². The molecular weight excluding hydrogens is 186 g/mol. The van der Waals surface area contributed by atoms with Gasteiger partial charge < -0.3 is 0 Å². The van der Waals surface area contributed by atoms with Gasteiger partial charge in [0.2, 0.25) is 0 Å². The summed E-state index contributed by atoms with van der Waals surface area (Å²) in [5, 5.41) is 0. The molecule has 0 aliphatic rings. The van der Waals surface area contributed by atoms with Crippen molar-refractivity contribution < 1.29 is 8.78 Å². The van der Waals surface area contributed by atoms with Crippen LogP contribution in [0, 0.1) is 11.6 Å². The van der Waals surface area contributed by atoms with E-state index in [0.717, 1.165) is 6.07 Å². The van der Waals surface area contributed by atoms with E-state index in [1.165, 1.54) is 30.9 Å². The Labute approximate surface area is 79.3 Å². The van der Waals surface area contributed by atoms with Crippen LogP contribution >= 0.6 is 0 Å². The largest absolute Gasteiger partial charge is 0.244 e. The Kier molecular flexibility index (Phi) is 2.18. The predicted octanol–water partition coefficient (Wildman–Crippen LogP) is 2.42. The number of rotatable bonds is 1. The molecular formula is C10H6F2N2. The first-order valence-electron chi connectivity index (χ1n) is 3.97. The maximum atomic E-state index is 12.8. The second-order valence-corrected chi connectivity index (χ2v) is 2.79. The van der Waals surface area contributed by atoms with Crippen molar-refractivity contribution in [3.63, 3.8) is 0 Å². The molecule has 0 radical (unpaired) electrons. The molecule has 1 heterocycles. The molecule has 14 heavy (non-hydrogen) atoms. The fraction of sp³-hybridized carbons (Fsp3) is 0. The lowest BCUT2D eigenvalue weighted by molar-refractivity contribution is 0.584. The highest BCUT2D eigenvalue weighted by Crippen LogP contribution is 2.19. The van der Waals surface area contributed by atoms with Gasteiger partial charge in [0.25, 0.3) is 0 Å². The van der Waals surface area contributed by atoms with Crippen LogP contribution in [-0.2, 0) is 0 Å². The van der Waals surface area contributed by atoms with Crippen LogP contribution in [0.5, 0.6) is 0 Å². The first kappa shape index (κ1) is 8.74. The van der Waals surface area contributed by atoms with Gasteiger partial charge in [-0.25, -0.2) is 18.7 Å². The summed E-state index contributed by atoms with van der Waals surface area (Å²) in [6.45, 7) is 0. The summed E-state index contributed by atoms with van der Waals surface area (Å²) in [4.78, 5) is 7.53. The van der Waals surface area contributed by atoms with Crippen molar-refractivity contribution in [3.05, 3.63) is 48.6 Å².